The summed E-state index contributed by atoms with van der Waals surface area (Å²) in [5.74, 6) is -1.07. The first-order valence-corrected chi connectivity index (χ1v) is 10.5. The van der Waals surface area contributed by atoms with Crippen LogP contribution in [-0.4, -0.2) is 46.2 Å². The van der Waals surface area contributed by atoms with Gasteiger partial charge in [-0.3, -0.25) is 24.5 Å². The maximum atomic E-state index is 13.0. The van der Waals surface area contributed by atoms with Gasteiger partial charge in [0.05, 0.1) is 4.92 Å². The minimum absolute atomic E-state index is 0.0624. The maximum absolute atomic E-state index is 13.0. The fraction of sp³-hybridized carbons (Fsp3) is 0.348. The smallest absolute Gasteiger partial charge is 0.272 e. The second kappa shape index (κ2) is 10.0. The standard InChI is InChI=1S/C23H26N4O5/c1-15-13-18(10-11-19(15)27(31)32)23(30)26-12-6-9-20(26)22(29)25-16(2)21(28)24-14-17-7-4-3-5-8-17/h3-5,7-8,10-11,13,16,20H,6,9,12,14H2,1-2H3,(H,24,28)(H,25,29). The van der Waals surface area contributed by atoms with Gasteiger partial charge in [-0.15, -0.1) is 0 Å². The predicted molar refractivity (Wildman–Crippen MR) is 118 cm³/mol. The van der Waals surface area contributed by atoms with Crippen molar-refractivity contribution in [3.8, 4) is 0 Å². The summed E-state index contributed by atoms with van der Waals surface area (Å²) in [5, 5.41) is 16.5. The highest BCUT2D eigenvalue weighted by Gasteiger charge is 2.35. The topological polar surface area (TPSA) is 122 Å². The lowest BCUT2D eigenvalue weighted by Gasteiger charge is -2.25. The molecule has 1 fully saturated rings. The third-order valence-electron chi connectivity index (χ3n) is 5.52. The number of carbonyl (C=O) groups is 3. The first-order chi connectivity index (χ1) is 15.3. The van der Waals surface area contributed by atoms with E-state index in [1.807, 2.05) is 30.3 Å². The molecule has 9 nitrogen and oxygen atoms in total. The molecule has 0 spiro atoms. The van der Waals surface area contributed by atoms with E-state index in [1.54, 1.807) is 13.8 Å². The highest BCUT2D eigenvalue weighted by Crippen LogP contribution is 2.24. The molecule has 1 aliphatic rings. The number of nitrogens with one attached hydrogen (secondary N) is 2. The van der Waals surface area contributed by atoms with Gasteiger partial charge in [0, 0.05) is 30.3 Å². The molecular weight excluding hydrogens is 412 g/mol. The average molecular weight is 438 g/mol. The van der Waals surface area contributed by atoms with E-state index in [0.717, 1.165) is 5.56 Å². The van der Waals surface area contributed by atoms with Crippen LogP contribution in [0.5, 0.6) is 0 Å². The van der Waals surface area contributed by atoms with Gasteiger partial charge in [-0.25, -0.2) is 0 Å². The van der Waals surface area contributed by atoms with Crippen molar-refractivity contribution in [1.29, 1.82) is 0 Å². The Kier molecular flexibility index (Phi) is 7.19. The second-order valence-corrected chi connectivity index (χ2v) is 7.85. The lowest BCUT2D eigenvalue weighted by Crippen LogP contribution is -2.52. The maximum Gasteiger partial charge on any atom is 0.272 e. The molecule has 9 heteroatoms. The zero-order valence-electron chi connectivity index (χ0n) is 18.0. The highest BCUT2D eigenvalue weighted by molar-refractivity contribution is 5.99. The van der Waals surface area contributed by atoms with Crippen LogP contribution in [0.25, 0.3) is 0 Å². The molecular formula is C23H26N4O5. The van der Waals surface area contributed by atoms with Crippen molar-refractivity contribution < 1.29 is 19.3 Å². The van der Waals surface area contributed by atoms with Gasteiger partial charge in [0.25, 0.3) is 11.6 Å². The summed E-state index contributed by atoms with van der Waals surface area (Å²) in [6, 6.07) is 12.2. The molecule has 0 saturated carbocycles. The number of hydrogen-bond donors (Lipinski definition) is 2. The molecule has 3 rings (SSSR count). The van der Waals surface area contributed by atoms with E-state index < -0.39 is 22.9 Å². The molecule has 0 bridgehead atoms. The third-order valence-corrected chi connectivity index (χ3v) is 5.52. The van der Waals surface area contributed by atoms with Crippen LogP contribution < -0.4 is 10.6 Å². The van der Waals surface area contributed by atoms with Crippen molar-refractivity contribution in [2.24, 2.45) is 0 Å². The van der Waals surface area contributed by atoms with E-state index >= 15 is 0 Å². The number of nitrogens with zero attached hydrogens (tertiary/aromatic N) is 2. The fourth-order valence-corrected chi connectivity index (χ4v) is 3.75. The molecule has 2 unspecified atom stereocenters. The Morgan fingerprint density at radius 3 is 2.56 bits per heavy atom. The summed E-state index contributed by atoms with van der Waals surface area (Å²) in [5.41, 5.74) is 1.56. The molecule has 1 heterocycles. The Balaban J connectivity index is 1.61. The fourth-order valence-electron chi connectivity index (χ4n) is 3.75. The highest BCUT2D eigenvalue weighted by atomic mass is 16.6. The van der Waals surface area contributed by atoms with Crippen molar-refractivity contribution in [2.45, 2.75) is 45.3 Å². The first kappa shape index (κ1) is 22.9. The van der Waals surface area contributed by atoms with Gasteiger partial charge in [0.15, 0.2) is 0 Å². The molecule has 2 atom stereocenters. The van der Waals surface area contributed by atoms with Crippen LogP contribution in [0.15, 0.2) is 48.5 Å². The van der Waals surface area contributed by atoms with E-state index in [2.05, 4.69) is 10.6 Å². The minimum Gasteiger partial charge on any atom is -0.350 e. The Labute approximate surface area is 185 Å². The Hall–Kier alpha value is -3.75. The molecule has 168 valence electrons. The van der Waals surface area contributed by atoms with Crippen LogP contribution in [0.1, 0.15) is 41.3 Å². The molecule has 2 aromatic rings. The molecule has 1 aliphatic heterocycles. The Bertz CT molecular complexity index is 1020. The van der Waals surface area contributed by atoms with Crippen LogP contribution >= 0.6 is 0 Å². The second-order valence-electron chi connectivity index (χ2n) is 7.85. The quantitative estimate of drug-likeness (QED) is 0.508. The molecule has 3 amide bonds. The summed E-state index contributed by atoms with van der Waals surface area (Å²) in [4.78, 5) is 50.1. The van der Waals surface area contributed by atoms with Gasteiger partial charge in [-0.1, -0.05) is 30.3 Å². The molecule has 2 N–H and O–H groups in total. The van der Waals surface area contributed by atoms with Gasteiger partial charge in [-0.05, 0) is 44.4 Å². The third kappa shape index (κ3) is 5.29. The summed E-state index contributed by atoms with van der Waals surface area (Å²) in [6.07, 6.45) is 1.15. The van der Waals surface area contributed by atoms with Gasteiger partial charge in [0.1, 0.15) is 12.1 Å². The molecule has 0 aliphatic carbocycles. The first-order valence-electron chi connectivity index (χ1n) is 10.5. The molecule has 0 aromatic heterocycles. The molecule has 2 aromatic carbocycles. The number of carbonyl (C=O) groups excluding carboxylic acids is 3. The lowest BCUT2D eigenvalue weighted by atomic mass is 10.1. The van der Waals surface area contributed by atoms with Gasteiger partial charge >= 0.3 is 0 Å². The SMILES string of the molecule is Cc1cc(C(=O)N2CCCC2C(=O)NC(C)C(=O)NCc2ccccc2)ccc1[N+](=O)[O-]. The number of benzene rings is 2. The molecule has 32 heavy (non-hydrogen) atoms. The van der Waals surface area contributed by atoms with Crippen LogP contribution in [0, 0.1) is 17.0 Å². The molecule has 1 saturated heterocycles. The van der Waals surface area contributed by atoms with Crippen LogP contribution in [0.2, 0.25) is 0 Å². The summed E-state index contributed by atoms with van der Waals surface area (Å²) >= 11 is 0. The van der Waals surface area contributed by atoms with Crippen molar-refractivity contribution in [3.05, 3.63) is 75.3 Å². The van der Waals surface area contributed by atoms with Crippen LogP contribution in [0.3, 0.4) is 0 Å². The normalized spacial score (nSPS) is 16.3. The van der Waals surface area contributed by atoms with Crippen molar-refractivity contribution in [3.63, 3.8) is 0 Å². The number of likely N-dealkylation sites (tertiary alicyclic amines) is 1. The van der Waals surface area contributed by atoms with Gasteiger partial charge in [0.2, 0.25) is 11.8 Å². The summed E-state index contributed by atoms with van der Waals surface area (Å²) in [7, 11) is 0. The zero-order valence-corrected chi connectivity index (χ0v) is 18.0. The number of hydrogen-bond acceptors (Lipinski definition) is 5. The number of aryl methyl sites for hydroxylation is 1. The number of amides is 3. The van der Waals surface area contributed by atoms with E-state index in [-0.39, 0.29) is 17.5 Å². The number of nitro groups is 1. The average Bonchev–Trinajstić information content (AvgIpc) is 3.27. The zero-order chi connectivity index (χ0) is 23.3. The van der Waals surface area contributed by atoms with Crippen molar-refractivity contribution in [2.75, 3.05) is 6.54 Å². The van der Waals surface area contributed by atoms with Gasteiger partial charge in [-0.2, -0.15) is 0 Å². The lowest BCUT2D eigenvalue weighted by molar-refractivity contribution is -0.385. The monoisotopic (exact) mass is 438 g/mol. The Morgan fingerprint density at radius 1 is 1.19 bits per heavy atom. The number of rotatable bonds is 7. The molecule has 0 radical (unpaired) electrons. The van der Waals surface area contributed by atoms with E-state index in [9.17, 15) is 24.5 Å². The van der Waals surface area contributed by atoms with Gasteiger partial charge < -0.3 is 15.5 Å². The minimum atomic E-state index is -0.759. The number of nitro benzene ring substituents is 1. The van der Waals surface area contributed by atoms with E-state index in [4.69, 9.17) is 0 Å². The van der Waals surface area contributed by atoms with Crippen molar-refractivity contribution in [1.82, 2.24) is 15.5 Å². The van der Waals surface area contributed by atoms with Crippen LogP contribution in [0.4, 0.5) is 5.69 Å². The Morgan fingerprint density at radius 2 is 1.91 bits per heavy atom. The largest absolute Gasteiger partial charge is 0.350 e. The van der Waals surface area contributed by atoms with Crippen molar-refractivity contribution >= 4 is 23.4 Å². The van der Waals surface area contributed by atoms with Crippen LogP contribution in [-0.2, 0) is 16.1 Å². The van der Waals surface area contributed by atoms with E-state index in [0.29, 0.717) is 37.1 Å². The van der Waals surface area contributed by atoms with E-state index in [1.165, 1.54) is 23.1 Å². The summed E-state index contributed by atoms with van der Waals surface area (Å²) in [6.45, 7) is 3.92. The summed E-state index contributed by atoms with van der Waals surface area (Å²) < 4.78 is 0. The predicted octanol–water partition coefficient (Wildman–Crippen LogP) is 2.33.